The zero-order valence-electron chi connectivity index (χ0n) is 12.5. The highest BCUT2D eigenvalue weighted by Crippen LogP contribution is 2.17. The first-order valence-corrected chi connectivity index (χ1v) is 6.67. The minimum Gasteiger partial charge on any atom is -0.481 e. The van der Waals surface area contributed by atoms with Gasteiger partial charge in [-0.3, -0.25) is 5.43 Å². The third kappa shape index (κ3) is 3.15. The average molecular weight is 314 g/mol. The van der Waals surface area contributed by atoms with Crippen LogP contribution in [0, 0.1) is 0 Å². The maximum absolute atomic E-state index is 5.20. The molecule has 0 saturated carbocycles. The number of aromatic amines is 1. The third-order valence-electron chi connectivity index (χ3n) is 2.97. The van der Waals surface area contributed by atoms with E-state index in [2.05, 4.69) is 40.4 Å². The van der Waals surface area contributed by atoms with Gasteiger partial charge < -0.3 is 14.5 Å². The standard InChI is InChI=1S/C13H14N8O2/c1-22-12-8(5-14-13(20-12)23-2)3-4-19-21-11-9-10(16-6-15-9)17-7-18-11/h4-7H,3H2,1-2H3,(H2,15,16,17,18,21)/b19-4+. The van der Waals surface area contributed by atoms with E-state index in [0.29, 0.717) is 29.3 Å². The van der Waals surface area contributed by atoms with Crippen LogP contribution in [0.2, 0.25) is 0 Å². The Labute approximate surface area is 131 Å². The molecule has 3 aromatic heterocycles. The Morgan fingerprint density at radius 3 is 2.96 bits per heavy atom. The van der Waals surface area contributed by atoms with Crippen molar-refractivity contribution in [2.45, 2.75) is 6.42 Å². The van der Waals surface area contributed by atoms with E-state index in [0.717, 1.165) is 5.56 Å². The van der Waals surface area contributed by atoms with Gasteiger partial charge in [0.15, 0.2) is 11.5 Å². The summed E-state index contributed by atoms with van der Waals surface area (Å²) in [7, 11) is 3.04. The van der Waals surface area contributed by atoms with Gasteiger partial charge >= 0.3 is 6.01 Å². The van der Waals surface area contributed by atoms with Crippen molar-refractivity contribution in [3.8, 4) is 11.9 Å². The summed E-state index contributed by atoms with van der Waals surface area (Å²) in [4.78, 5) is 23.3. The van der Waals surface area contributed by atoms with Crippen LogP contribution >= 0.6 is 0 Å². The molecule has 3 aromatic rings. The Kier molecular flexibility index (Phi) is 4.22. The number of fused-ring (bicyclic) bond motifs is 1. The smallest absolute Gasteiger partial charge is 0.319 e. The van der Waals surface area contributed by atoms with Gasteiger partial charge in [-0.1, -0.05) is 0 Å². The van der Waals surface area contributed by atoms with Crippen LogP contribution in [0.1, 0.15) is 5.56 Å². The van der Waals surface area contributed by atoms with E-state index >= 15 is 0 Å². The van der Waals surface area contributed by atoms with Gasteiger partial charge in [-0.2, -0.15) is 10.1 Å². The molecule has 10 heteroatoms. The van der Waals surface area contributed by atoms with Gasteiger partial charge in [-0.05, 0) is 0 Å². The molecule has 0 spiro atoms. The molecular formula is C13H14N8O2. The SMILES string of the molecule is COc1ncc(C/C=N/Nc2ncnc3nc[nH]c23)c(OC)n1. The van der Waals surface area contributed by atoms with E-state index in [1.54, 1.807) is 18.7 Å². The molecule has 0 fully saturated rings. The maximum Gasteiger partial charge on any atom is 0.319 e. The second-order valence-electron chi connectivity index (χ2n) is 4.34. The van der Waals surface area contributed by atoms with Crippen LogP contribution in [0.3, 0.4) is 0 Å². The quantitative estimate of drug-likeness (QED) is 0.506. The van der Waals surface area contributed by atoms with E-state index in [-0.39, 0.29) is 6.01 Å². The number of anilines is 1. The van der Waals surface area contributed by atoms with Gasteiger partial charge in [0.25, 0.3) is 0 Å². The van der Waals surface area contributed by atoms with Crippen molar-refractivity contribution in [1.82, 2.24) is 29.9 Å². The molecule has 118 valence electrons. The molecule has 2 N–H and O–H groups in total. The van der Waals surface area contributed by atoms with Gasteiger partial charge in [0, 0.05) is 24.4 Å². The maximum atomic E-state index is 5.20. The highest BCUT2D eigenvalue weighted by Gasteiger charge is 2.07. The zero-order valence-corrected chi connectivity index (χ0v) is 12.5. The Bertz CT molecular complexity index is 832. The summed E-state index contributed by atoms with van der Waals surface area (Å²) in [6.07, 6.45) is 6.75. The number of hydrogen-bond donors (Lipinski definition) is 2. The van der Waals surface area contributed by atoms with E-state index < -0.39 is 0 Å². The van der Waals surface area contributed by atoms with Crippen LogP contribution in [0.5, 0.6) is 11.9 Å². The Balaban J connectivity index is 1.69. The Morgan fingerprint density at radius 2 is 2.13 bits per heavy atom. The van der Waals surface area contributed by atoms with E-state index in [1.807, 2.05) is 0 Å². The Morgan fingerprint density at radius 1 is 1.22 bits per heavy atom. The van der Waals surface area contributed by atoms with Gasteiger partial charge in [0.05, 0.1) is 20.5 Å². The molecule has 0 saturated heterocycles. The lowest BCUT2D eigenvalue weighted by Gasteiger charge is -2.06. The number of aromatic nitrogens is 6. The van der Waals surface area contributed by atoms with Crippen molar-refractivity contribution < 1.29 is 9.47 Å². The lowest BCUT2D eigenvalue weighted by molar-refractivity contribution is 0.349. The lowest BCUT2D eigenvalue weighted by atomic mass is 10.2. The number of imidazole rings is 1. The number of ether oxygens (including phenoxy) is 2. The molecule has 0 aliphatic rings. The molecular weight excluding hydrogens is 300 g/mol. The fourth-order valence-electron chi connectivity index (χ4n) is 1.89. The summed E-state index contributed by atoms with van der Waals surface area (Å²) < 4.78 is 10.2. The number of H-pyrrole nitrogens is 1. The minimum absolute atomic E-state index is 0.253. The first-order valence-electron chi connectivity index (χ1n) is 6.67. The molecule has 3 heterocycles. The van der Waals surface area contributed by atoms with E-state index in [1.165, 1.54) is 20.5 Å². The molecule has 0 amide bonds. The van der Waals surface area contributed by atoms with Gasteiger partial charge in [-0.25, -0.2) is 19.9 Å². The molecule has 10 nitrogen and oxygen atoms in total. The topological polar surface area (TPSA) is 123 Å². The second kappa shape index (κ2) is 6.64. The monoisotopic (exact) mass is 314 g/mol. The summed E-state index contributed by atoms with van der Waals surface area (Å²) >= 11 is 0. The second-order valence-corrected chi connectivity index (χ2v) is 4.34. The lowest BCUT2D eigenvalue weighted by Crippen LogP contribution is -2.01. The van der Waals surface area contributed by atoms with Crippen molar-refractivity contribution in [3.05, 3.63) is 24.4 Å². The predicted molar refractivity (Wildman–Crippen MR) is 82.6 cm³/mol. The highest BCUT2D eigenvalue weighted by molar-refractivity contribution is 5.82. The number of hydrogen-bond acceptors (Lipinski definition) is 9. The zero-order chi connectivity index (χ0) is 16.1. The summed E-state index contributed by atoms with van der Waals surface area (Å²) in [5.74, 6) is 0.989. The molecule has 0 aliphatic carbocycles. The predicted octanol–water partition coefficient (Wildman–Crippen LogP) is 0.800. The van der Waals surface area contributed by atoms with Crippen LogP contribution in [0.15, 0.2) is 24.0 Å². The summed E-state index contributed by atoms with van der Waals surface area (Å²) in [6, 6.07) is 0.253. The van der Waals surface area contributed by atoms with E-state index in [9.17, 15) is 0 Å². The van der Waals surface area contributed by atoms with Crippen LogP contribution < -0.4 is 14.9 Å². The summed E-state index contributed by atoms with van der Waals surface area (Å²) in [5, 5.41) is 4.13. The number of methoxy groups -OCH3 is 2. The third-order valence-corrected chi connectivity index (χ3v) is 2.97. The molecule has 0 aromatic carbocycles. The van der Waals surface area contributed by atoms with Crippen molar-refractivity contribution in [1.29, 1.82) is 0 Å². The number of nitrogens with one attached hydrogen (secondary N) is 2. The molecule has 0 bridgehead atoms. The first kappa shape index (κ1) is 14.6. The summed E-state index contributed by atoms with van der Waals surface area (Å²) in [5.41, 5.74) is 4.89. The molecule has 0 unspecified atom stereocenters. The largest absolute Gasteiger partial charge is 0.481 e. The van der Waals surface area contributed by atoms with Crippen LogP contribution in [-0.4, -0.2) is 50.3 Å². The van der Waals surface area contributed by atoms with Gasteiger partial charge in [0.2, 0.25) is 5.88 Å². The van der Waals surface area contributed by atoms with Crippen molar-refractivity contribution in [2.75, 3.05) is 19.6 Å². The van der Waals surface area contributed by atoms with Crippen LogP contribution in [-0.2, 0) is 6.42 Å². The fourth-order valence-corrected chi connectivity index (χ4v) is 1.89. The number of nitrogens with zero attached hydrogens (tertiary/aromatic N) is 6. The van der Waals surface area contributed by atoms with Gasteiger partial charge in [0.1, 0.15) is 11.8 Å². The molecule has 23 heavy (non-hydrogen) atoms. The molecule has 3 rings (SSSR count). The first-order chi connectivity index (χ1) is 11.3. The van der Waals surface area contributed by atoms with Crippen LogP contribution in [0.4, 0.5) is 5.82 Å². The molecule has 0 radical (unpaired) electrons. The fraction of sp³-hybridized carbons (Fsp3) is 0.231. The summed E-state index contributed by atoms with van der Waals surface area (Å²) in [6.45, 7) is 0. The van der Waals surface area contributed by atoms with Crippen molar-refractivity contribution in [2.24, 2.45) is 5.10 Å². The van der Waals surface area contributed by atoms with Gasteiger partial charge in [-0.15, -0.1) is 0 Å². The number of hydrazone groups is 1. The van der Waals surface area contributed by atoms with Crippen LogP contribution in [0.25, 0.3) is 11.2 Å². The number of rotatable bonds is 6. The minimum atomic E-state index is 0.253. The normalized spacial score (nSPS) is 11.0. The highest BCUT2D eigenvalue weighted by atomic mass is 16.5. The molecule has 0 atom stereocenters. The molecule has 0 aliphatic heterocycles. The van der Waals surface area contributed by atoms with E-state index in [4.69, 9.17) is 9.47 Å². The average Bonchev–Trinajstić information content (AvgIpc) is 3.08. The Hall–Kier alpha value is -3.30. The van der Waals surface area contributed by atoms with Crippen molar-refractivity contribution >= 4 is 23.2 Å². The van der Waals surface area contributed by atoms with Crippen molar-refractivity contribution in [3.63, 3.8) is 0 Å².